The number of carboxylic acids is 2. The molecule has 0 radical (unpaired) electrons. The highest BCUT2D eigenvalue weighted by molar-refractivity contribution is 5.84. The van der Waals surface area contributed by atoms with Crippen LogP contribution in [0.25, 0.3) is 0 Å². The summed E-state index contributed by atoms with van der Waals surface area (Å²) in [4.78, 5) is 35.2. The van der Waals surface area contributed by atoms with Crippen LogP contribution in [0.1, 0.15) is 46.5 Å². The Hall–Kier alpha value is -1.59. The minimum absolute atomic E-state index is 0.0600. The first kappa shape index (κ1) is 17.4. The van der Waals surface area contributed by atoms with Gasteiger partial charge < -0.3 is 15.1 Å². The summed E-state index contributed by atoms with van der Waals surface area (Å²) in [6.45, 7) is 5.37. The van der Waals surface area contributed by atoms with Crippen molar-refractivity contribution in [2.24, 2.45) is 5.92 Å². The molecule has 0 bridgehead atoms. The van der Waals surface area contributed by atoms with Crippen LogP contribution in [0.5, 0.6) is 0 Å². The fraction of sp³-hybridized carbons (Fsp3) is 0.769. The van der Waals surface area contributed by atoms with E-state index in [-0.39, 0.29) is 31.2 Å². The fourth-order valence-corrected chi connectivity index (χ4v) is 1.90. The highest BCUT2D eigenvalue weighted by Gasteiger charge is 2.33. The molecule has 6 nitrogen and oxygen atoms in total. The van der Waals surface area contributed by atoms with Crippen molar-refractivity contribution in [2.75, 3.05) is 6.54 Å². The van der Waals surface area contributed by atoms with Crippen LogP contribution in [0.3, 0.4) is 0 Å². The number of rotatable bonds is 9. The van der Waals surface area contributed by atoms with Crippen molar-refractivity contribution in [3.63, 3.8) is 0 Å². The lowest BCUT2D eigenvalue weighted by Crippen LogP contribution is -2.49. The zero-order valence-corrected chi connectivity index (χ0v) is 11.8. The molecule has 6 heteroatoms. The smallest absolute Gasteiger partial charge is 0.326 e. The van der Waals surface area contributed by atoms with Crippen molar-refractivity contribution in [3.05, 3.63) is 0 Å². The van der Waals surface area contributed by atoms with Gasteiger partial charge in [-0.2, -0.15) is 0 Å². The van der Waals surface area contributed by atoms with Gasteiger partial charge in [0.15, 0.2) is 0 Å². The van der Waals surface area contributed by atoms with Gasteiger partial charge in [0.05, 0.1) is 6.42 Å². The summed E-state index contributed by atoms with van der Waals surface area (Å²) < 4.78 is 0. The number of aliphatic carboxylic acids is 2. The molecule has 0 aliphatic carbocycles. The highest BCUT2D eigenvalue weighted by Crippen LogP contribution is 2.17. The Labute approximate surface area is 113 Å². The molecule has 0 saturated carbocycles. The molecule has 0 fully saturated rings. The Morgan fingerprint density at radius 3 is 2.05 bits per heavy atom. The molecular formula is C13H23NO5. The SMILES string of the molecule is CCCC(=O)N(CCC(=O)O)C(C(=O)O)C(C)CC. The third-order valence-electron chi connectivity index (χ3n) is 3.12. The number of amides is 1. The fourth-order valence-electron chi connectivity index (χ4n) is 1.90. The number of hydrogen-bond donors (Lipinski definition) is 2. The molecule has 0 aromatic rings. The molecule has 0 aromatic heterocycles. The van der Waals surface area contributed by atoms with Crippen LogP contribution in [0.2, 0.25) is 0 Å². The van der Waals surface area contributed by atoms with Gasteiger partial charge in [-0.3, -0.25) is 9.59 Å². The first-order valence-corrected chi connectivity index (χ1v) is 6.59. The monoisotopic (exact) mass is 273 g/mol. The topological polar surface area (TPSA) is 94.9 Å². The summed E-state index contributed by atoms with van der Waals surface area (Å²) in [6, 6.07) is -0.955. The van der Waals surface area contributed by atoms with Crippen LogP contribution in [-0.4, -0.2) is 45.5 Å². The van der Waals surface area contributed by atoms with E-state index >= 15 is 0 Å². The highest BCUT2D eigenvalue weighted by atomic mass is 16.4. The van der Waals surface area contributed by atoms with Crippen LogP contribution >= 0.6 is 0 Å². The van der Waals surface area contributed by atoms with Gasteiger partial charge in [-0.15, -0.1) is 0 Å². The van der Waals surface area contributed by atoms with Crippen LogP contribution in [0.4, 0.5) is 0 Å². The molecule has 2 unspecified atom stereocenters. The van der Waals surface area contributed by atoms with Gasteiger partial charge in [0.2, 0.25) is 5.91 Å². The van der Waals surface area contributed by atoms with E-state index in [4.69, 9.17) is 5.11 Å². The van der Waals surface area contributed by atoms with Crippen molar-refractivity contribution in [3.8, 4) is 0 Å². The average Bonchev–Trinajstić information content (AvgIpc) is 2.32. The van der Waals surface area contributed by atoms with E-state index in [1.54, 1.807) is 6.92 Å². The summed E-state index contributed by atoms with van der Waals surface area (Å²) in [5.74, 6) is -2.63. The van der Waals surface area contributed by atoms with Gasteiger partial charge >= 0.3 is 11.9 Å². The third kappa shape index (κ3) is 5.72. The lowest BCUT2D eigenvalue weighted by atomic mass is 9.97. The Morgan fingerprint density at radius 1 is 1.11 bits per heavy atom. The maximum Gasteiger partial charge on any atom is 0.326 e. The molecule has 0 saturated heterocycles. The van der Waals surface area contributed by atoms with Gasteiger partial charge in [-0.05, 0) is 12.3 Å². The second-order valence-corrected chi connectivity index (χ2v) is 4.65. The molecule has 0 aliphatic rings. The quantitative estimate of drug-likeness (QED) is 0.665. The summed E-state index contributed by atoms with van der Waals surface area (Å²) in [7, 11) is 0. The first-order chi connectivity index (χ1) is 8.84. The summed E-state index contributed by atoms with van der Waals surface area (Å²) in [5.41, 5.74) is 0. The molecule has 0 heterocycles. The van der Waals surface area contributed by atoms with Gasteiger partial charge in [0, 0.05) is 13.0 Å². The van der Waals surface area contributed by atoms with Crippen molar-refractivity contribution < 1.29 is 24.6 Å². The van der Waals surface area contributed by atoms with E-state index in [0.29, 0.717) is 12.8 Å². The van der Waals surface area contributed by atoms with Crippen LogP contribution in [-0.2, 0) is 14.4 Å². The zero-order valence-electron chi connectivity index (χ0n) is 11.8. The van der Waals surface area contributed by atoms with Gasteiger partial charge in [-0.25, -0.2) is 4.79 Å². The minimum atomic E-state index is -1.08. The molecule has 0 aliphatic heterocycles. The molecular weight excluding hydrogens is 250 g/mol. The van der Waals surface area contributed by atoms with Crippen LogP contribution < -0.4 is 0 Å². The van der Waals surface area contributed by atoms with Gasteiger partial charge in [-0.1, -0.05) is 27.2 Å². The number of carboxylic acid groups (broad SMARTS) is 2. The number of carbonyl (C=O) groups is 3. The Kier molecular flexibility index (Phi) is 7.79. The van der Waals surface area contributed by atoms with Crippen molar-refractivity contribution in [1.29, 1.82) is 0 Å². The minimum Gasteiger partial charge on any atom is -0.481 e. The molecule has 0 aromatic carbocycles. The Balaban J connectivity index is 5.08. The van der Waals surface area contributed by atoms with E-state index in [0.717, 1.165) is 0 Å². The van der Waals surface area contributed by atoms with Crippen LogP contribution in [0.15, 0.2) is 0 Å². The van der Waals surface area contributed by atoms with Crippen LogP contribution in [0, 0.1) is 5.92 Å². The number of hydrogen-bond acceptors (Lipinski definition) is 3. The lowest BCUT2D eigenvalue weighted by Gasteiger charge is -2.32. The molecule has 2 N–H and O–H groups in total. The maximum absolute atomic E-state index is 12.0. The largest absolute Gasteiger partial charge is 0.481 e. The van der Waals surface area contributed by atoms with Gasteiger partial charge in [0.25, 0.3) is 0 Å². The number of carbonyl (C=O) groups excluding carboxylic acids is 1. The molecule has 110 valence electrons. The first-order valence-electron chi connectivity index (χ1n) is 6.59. The third-order valence-corrected chi connectivity index (χ3v) is 3.12. The molecule has 2 atom stereocenters. The molecule has 0 spiro atoms. The zero-order chi connectivity index (χ0) is 15.0. The van der Waals surface area contributed by atoms with Crippen molar-refractivity contribution in [1.82, 2.24) is 4.90 Å². The summed E-state index contributed by atoms with van der Waals surface area (Å²) in [6.07, 6.45) is 1.21. The predicted octanol–water partition coefficient (Wildman–Crippen LogP) is 1.59. The van der Waals surface area contributed by atoms with Crippen molar-refractivity contribution >= 4 is 17.8 Å². The van der Waals surface area contributed by atoms with E-state index in [2.05, 4.69) is 0 Å². The molecule has 19 heavy (non-hydrogen) atoms. The Bertz CT molecular complexity index is 329. The number of nitrogens with zero attached hydrogens (tertiary/aromatic N) is 1. The normalized spacial score (nSPS) is 13.6. The van der Waals surface area contributed by atoms with Crippen molar-refractivity contribution in [2.45, 2.75) is 52.5 Å². The maximum atomic E-state index is 12.0. The van der Waals surface area contributed by atoms with E-state index < -0.39 is 18.0 Å². The standard InChI is InChI=1S/C13H23NO5/c1-4-6-10(15)14(8-7-11(16)17)12(13(18)19)9(3)5-2/h9,12H,4-8H2,1-3H3,(H,16,17)(H,18,19). The second kappa shape index (κ2) is 8.50. The average molecular weight is 273 g/mol. The summed E-state index contributed by atoms with van der Waals surface area (Å²) in [5, 5.41) is 18.0. The Morgan fingerprint density at radius 2 is 1.68 bits per heavy atom. The predicted molar refractivity (Wildman–Crippen MR) is 69.8 cm³/mol. The van der Waals surface area contributed by atoms with E-state index in [1.165, 1.54) is 4.90 Å². The molecule has 1 amide bonds. The van der Waals surface area contributed by atoms with Gasteiger partial charge in [0.1, 0.15) is 6.04 Å². The van der Waals surface area contributed by atoms with E-state index in [1.807, 2.05) is 13.8 Å². The van der Waals surface area contributed by atoms with E-state index in [9.17, 15) is 19.5 Å². The second-order valence-electron chi connectivity index (χ2n) is 4.65. The summed E-state index contributed by atoms with van der Waals surface area (Å²) >= 11 is 0. The lowest BCUT2D eigenvalue weighted by molar-refractivity contribution is -0.153. The molecule has 0 rings (SSSR count).